The first-order chi connectivity index (χ1) is 9.26. The largest absolute Gasteiger partial charge is 0.371 e. The molecule has 1 aromatic carbocycles. The Bertz CT molecular complexity index is 419. The Labute approximate surface area is 117 Å². The van der Waals surface area contributed by atoms with E-state index in [2.05, 4.69) is 30.0 Å². The first kappa shape index (κ1) is 13.0. The number of aryl methyl sites for hydroxylation is 1. The number of hydrogen-bond donors (Lipinski definition) is 1. The molecule has 1 aromatic rings. The van der Waals surface area contributed by atoms with E-state index in [1.165, 1.54) is 55.6 Å². The highest BCUT2D eigenvalue weighted by Crippen LogP contribution is 2.36. The van der Waals surface area contributed by atoms with Crippen LogP contribution in [0.5, 0.6) is 0 Å². The zero-order valence-corrected chi connectivity index (χ0v) is 12.1. The Morgan fingerprint density at radius 2 is 1.74 bits per heavy atom. The van der Waals surface area contributed by atoms with Gasteiger partial charge in [0.25, 0.3) is 0 Å². The lowest BCUT2D eigenvalue weighted by Gasteiger charge is -2.27. The molecule has 0 heterocycles. The van der Waals surface area contributed by atoms with Gasteiger partial charge in [-0.2, -0.15) is 0 Å². The van der Waals surface area contributed by atoms with E-state index < -0.39 is 0 Å². The van der Waals surface area contributed by atoms with Crippen molar-refractivity contribution in [3.8, 4) is 0 Å². The average molecular weight is 258 g/mol. The number of rotatable bonds is 7. The minimum atomic E-state index is 0.747. The smallest absolute Gasteiger partial charge is 0.0399 e. The molecule has 2 heteroatoms. The highest BCUT2D eigenvalue weighted by Gasteiger charge is 2.30. The second-order valence-electron chi connectivity index (χ2n) is 6.46. The Morgan fingerprint density at radius 1 is 1.11 bits per heavy atom. The van der Waals surface area contributed by atoms with Gasteiger partial charge in [-0.3, -0.25) is 0 Å². The first-order valence-corrected chi connectivity index (χ1v) is 7.81. The number of nitrogens with two attached hydrogens (primary N) is 1. The van der Waals surface area contributed by atoms with E-state index in [-0.39, 0.29) is 0 Å². The van der Waals surface area contributed by atoms with Crippen molar-refractivity contribution in [1.29, 1.82) is 0 Å². The lowest BCUT2D eigenvalue weighted by molar-refractivity contribution is 0.676. The van der Waals surface area contributed by atoms with E-state index in [9.17, 15) is 0 Å². The van der Waals surface area contributed by atoms with Gasteiger partial charge < -0.3 is 10.6 Å². The minimum absolute atomic E-state index is 0.747. The fourth-order valence-electron chi connectivity index (χ4n) is 2.87. The molecular formula is C17H26N2. The van der Waals surface area contributed by atoms with Crippen LogP contribution in [0.4, 0.5) is 5.69 Å². The predicted molar refractivity (Wildman–Crippen MR) is 81.6 cm³/mol. The van der Waals surface area contributed by atoms with E-state index in [0.29, 0.717) is 0 Å². The summed E-state index contributed by atoms with van der Waals surface area (Å²) >= 11 is 0. The van der Waals surface area contributed by atoms with Crippen molar-refractivity contribution >= 4 is 5.69 Å². The van der Waals surface area contributed by atoms with Crippen LogP contribution in [0.3, 0.4) is 0 Å². The molecule has 0 radical (unpaired) electrons. The van der Waals surface area contributed by atoms with Gasteiger partial charge in [-0.25, -0.2) is 0 Å². The molecule has 0 aromatic heterocycles. The summed E-state index contributed by atoms with van der Waals surface area (Å²) < 4.78 is 0. The van der Waals surface area contributed by atoms with Crippen LogP contribution in [0.25, 0.3) is 0 Å². The van der Waals surface area contributed by atoms with Crippen molar-refractivity contribution in [2.24, 2.45) is 17.6 Å². The van der Waals surface area contributed by atoms with Gasteiger partial charge in [-0.1, -0.05) is 17.7 Å². The Morgan fingerprint density at radius 3 is 2.26 bits per heavy atom. The molecule has 104 valence electrons. The van der Waals surface area contributed by atoms with Gasteiger partial charge in [-0.15, -0.1) is 0 Å². The van der Waals surface area contributed by atoms with Crippen LogP contribution in [-0.2, 0) is 6.42 Å². The Balaban J connectivity index is 1.81. The third kappa shape index (κ3) is 3.50. The van der Waals surface area contributed by atoms with Gasteiger partial charge in [0, 0.05) is 18.8 Å². The second-order valence-corrected chi connectivity index (χ2v) is 6.46. The van der Waals surface area contributed by atoms with E-state index in [4.69, 9.17) is 5.73 Å². The molecule has 2 fully saturated rings. The van der Waals surface area contributed by atoms with E-state index in [0.717, 1.165) is 24.8 Å². The van der Waals surface area contributed by atoms with Crippen LogP contribution in [0.15, 0.2) is 18.2 Å². The summed E-state index contributed by atoms with van der Waals surface area (Å²) in [6, 6.07) is 6.90. The fourth-order valence-corrected chi connectivity index (χ4v) is 2.87. The average Bonchev–Trinajstić information content (AvgIpc) is 3.24. The Kier molecular flexibility index (Phi) is 3.79. The molecule has 2 nitrogen and oxygen atoms in total. The minimum Gasteiger partial charge on any atom is -0.371 e. The molecule has 2 saturated carbocycles. The Hall–Kier alpha value is -1.02. The number of benzene rings is 1. The van der Waals surface area contributed by atoms with Gasteiger partial charge in [0.1, 0.15) is 0 Å². The number of anilines is 1. The number of hydrogen-bond acceptors (Lipinski definition) is 2. The van der Waals surface area contributed by atoms with Crippen LogP contribution in [0.2, 0.25) is 0 Å². The highest BCUT2D eigenvalue weighted by atomic mass is 15.1. The van der Waals surface area contributed by atoms with Crippen LogP contribution >= 0.6 is 0 Å². The SMILES string of the molecule is Cc1ccc(N(CC2CC2)CC2CC2)c(CCN)c1. The maximum atomic E-state index is 5.79. The summed E-state index contributed by atoms with van der Waals surface area (Å²) in [5.41, 5.74) is 10.0. The second kappa shape index (κ2) is 5.54. The monoisotopic (exact) mass is 258 g/mol. The number of nitrogens with zero attached hydrogens (tertiary/aromatic N) is 1. The van der Waals surface area contributed by atoms with Crippen molar-refractivity contribution < 1.29 is 0 Å². The highest BCUT2D eigenvalue weighted by molar-refractivity contribution is 5.55. The maximum Gasteiger partial charge on any atom is 0.0399 e. The van der Waals surface area contributed by atoms with E-state index >= 15 is 0 Å². The van der Waals surface area contributed by atoms with Crippen LogP contribution in [0, 0.1) is 18.8 Å². The fraction of sp³-hybridized carbons (Fsp3) is 0.647. The normalized spacial score (nSPS) is 18.6. The summed E-state index contributed by atoms with van der Waals surface area (Å²) in [6.07, 6.45) is 6.72. The molecule has 0 unspecified atom stereocenters. The van der Waals surface area contributed by atoms with Gasteiger partial charge in [0.05, 0.1) is 0 Å². The molecule has 2 N–H and O–H groups in total. The lowest BCUT2D eigenvalue weighted by atomic mass is 10.0. The lowest BCUT2D eigenvalue weighted by Crippen LogP contribution is -2.29. The van der Waals surface area contributed by atoms with Crippen molar-refractivity contribution in [3.63, 3.8) is 0 Å². The zero-order valence-electron chi connectivity index (χ0n) is 12.1. The molecule has 0 bridgehead atoms. The van der Waals surface area contributed by atoms with Gasteiger partial charge >= 0.3 is 0 Å². The molecule has 2 aliphatic rings. The van der Waals surface area contributed by atoms with Crippen molar-refractivity contribution in [1.82, 2.24) is 0 Å². The summed E-state index contributed by atoms with van der Waals surface area (Å²) in [5, 5.41) is 0. The molecule has 0 spiro atoms. The van der Waals surface area contributed by atoms with E-state index in [1.54, 1.807) is 0 Å². The zero-order chi connectivity index (χ0) is 13.2. The topological polar surface area (TPSA) is 29.3 Å². The molecule has 0 saturated heterocycles. The van der Waals surface area contributed by atoms with Crippen LogP contribution in [0.1, 0.15) is 36.8 Å². The van der Waals surface area contributed by atoms with Gasteiger partial charge in [0.15, 0.2) is 0 Å². The van der Waals surface area contributed by atoms with Crippen molar-refractivity contribution in [3.05, 3.63) is 29.3 Å². The summed E-state index contributed by atoms with van der Waals surface area (Å²) in [6.45, 7) is 5.45. The van der Waals surface area contributed by atoms with Crippen molar-refractivity contribution in [2.45, 2.75) is 39.0 Å². The summed E-state index contributed by atoms with van der Waals surface area (Å²) in [7, 11) is 0. The third-order valence-corrected chi connectivity index (χ3v) is 4.34. The van der Waals surface area contributed by atoms with Gasteiger partial charge in [-0.05, 0) is 69.0 Å². The quantitative estimate of drug-likeness (QED) is 0.814. The van der Waals surface area contributed by atoms with Crippen LogP contribution in [-0.4, -0.2) is 19.6 Å². The van der Waals surface area contributed by atoms with E-state index in [1.807, 2.05) is 0 Å². The van der Waals surface area contributed by atoms with Crippen LogP contribution < -0.4 is 10.6 Å². The molecule has 3 rings (SSSR count). The predicted octanol–water partition coefficient (Wildman–Crippen LogP) is 3.12. The molecular weight excluding hydrogens is 232 g/mol. The standard InChI is InChI=1S/C17H26N2/c1-13-2-7-17(16(10-13)8-9-18)19(11-14-3-4-14)12-15-5-6-15/h2,7,10,14-15H,3-6,8-9,11-12,18H2,1H3. The summed E-state index contributed by atoms with van der Waals surface area (Å²) in [5.74, 6) is 1.90. The third-order valence-electron chi connectivity index (χ3n) is 4.34. The maximum absolute atomic E-state index is 5.79. The molecule has 0 amide bonds. The molecule has 0 aliphatic heterocycles. The molecule has 19 heavy (non-hydrogen) atoms. The summed E-state index contributed by atoms with van der Waals surface area (Å²) in [4.78, 5) is 2.65. The molecule has 2 aliphatic carbocycles. The first-order valence-electron chi connectivity index (χ1n) is 7.81. The molecule has 0 atom stereocenters. The van der Waals surface area contributed by atoms with Crippen molar-refractivity contribution in [2.75, 3.05) is 24.5 Å². The van der Waals surface area contributed by atoms with Gasteiger partial charge in [0.2, 0.25) is 0 Å².